The highest BCUT2D eigenvalue weighted by molar-refractivity contribution is 9.09. The van der Waals surface area contributed by atoms with E-state index in [1.54, 1.807) is 0 Å². The van der Waals surface area contributed by atoms with Gasteiger partial charge in [0.15, 0.2) is 0 Å². The molecule has 0 fully saturated rings. The Bertz CT molecular complexity index is 476. The summed E-state index contributed by atoms with van der Waals surface area (Å²) in [5.74, 6) is 2.35. The van der Waals surface area contributed by atoms with Crippen molar-refractivity contribution in [1.29, 1.82) is 0 Å². The Morgan fingerprint density at radius 3 is 2.56 bits per heavy atom. The molecule has 18 heavy (non-hydrogen) atoms. The van der Waals surface area contributed by atoms with Crippen LogP contribution in [-0.2, 0) is 6.54 Å². The third kappa shape index (κ3) is 3.02. The van der Waals surface area contributed by atoms with Crippen LogP contribution in [0.25, 0.3) is 11.4 Å². The van der Waals surface area contributed by atoms with Crippen LogP contribution in [-0.4, -0.2) is 14.9 Å². The molecule has 1 heterocycles. The molecule has 96 valence electrons. The van der Waals surface area contributed by atoms with Gasteiger partial charge in [0.1, 0.15) is 5.82 Å². The minimum atomic E-state index is 0.627. The van der Waals surface area contributed by atoms with Crippen LogP contribution < -0.4 is 0 Å². The predicted octanol–water partition coefficient (Wildman–Crippen LogP) is 4.22. The molecule has 0 aliphatic carbocycles. The van der Waals surface area contributed by atoms with Gasteiger partial charge in [-0.15, -0.1) is 0 Å². The molecule has 0 saturated heterocycles. The van der Waals surface area contributed by atoms with E-state index in [9.17, 15) is 0 Å². The Morgan fingerprint density at radius 2 is 1.94 bits per heavy atom. The van der Waals surface area contributed by atoms with Crippen LogP contribution >= 0.6 is 15.9 Å². The van der Waals surface area contributed by atoms with Crippen LogP contribution in [0.1, 0.15) is 13.8 Å². The molecule has 1 aromatic carbocycles. The second-order valence-corrected chi connectivity index (χ2v) is 5.58. The number of hydrogen-bond donors (Lipinski definition) is 0. The SMILES string of the molecule is CC(C)C(CBr)Cn1ccnc1-c1ccccc1. The quantitative estimate of drug-likeness (QED) is 0.756. The Labute approximate surface area is 117 Å². The van der Waals surface area contributed by atoms with Crippen molar-refractivity contribution < 1.29 is 0 Å². The lowest BCUT2D eigenvalue weighted by molar-refractivity contribution is 0.375. The van der Waals surface area contributed by atoms with Crippen molar-refractivity contribution in [3.8, 4) is 11.4 Å². The summed E-state index contributed by atoms with van der Waals surface area (Å²) in [4.78, 5) is 4.48. The van der Waals surface area contributed by atoms with Crippen LogP contribution in [0, 0.1) is 11.8 Å². The molecule has 3 heteroatoms. The van der Waals surface area contributed by atoms with Gasteiger partial charge in [-0.25, -0.2) is 4.98 Å². The lowest BCUT2D eigenvalue weighted by Gasteiger charge is -2.20. The largest absolute Gasteiger partial charge is 0.331 e. The van der Waals surface area contributed by atoms with Gasteiger partial charge in [0.25, 0.3) is 0 Å². The number of halogens is 1. The van der Waals surface area contributed by atoms with Crippen LogP contribution in [0.4, 0.5) is 0 Å². The first-order valence-corrected chi connectivity index (χ1v) is 7.47. The molecule has 0 N–H and O–H groups in total. The molecule has 0 aliphatic rings. The van der Waals surface area contributed by atoms with Gasteiger partial charge in [0.05, 0.1) is 0 Å². The van der Waals surface area contributed by atoms with Gasteiger partial charge in [-0.05, 0) is 11.8 Å². The maximum absolute atomic E-state index is 4.48. The van der Waals surface area contributed by atoms with E-state index in [2.05, 4.69) is 69.8 Å². The highest BCUT2D eigenvalue weighted by Gasteiger charge is 2.15. The van der Waals surface area contributed by atoms with E-state index < -0.39 is 0 Å². The average Bonchev–Trinajstić information content (AvgIpc) is 2.84. The van der Waals surface area contributed by atoms with Gasteiger partial charge in [-0.1, -0.05) is 60.1 Å². The molecule has 0 aliphatic heterocycles. The molecule has 0 bridgehead atoms. The van der Waals surface area contributed by atoms with Crippen LogP contribution in [0.5, 0.6) is 0 Å². The first-order valence-electron chi connectivity index (χ1n) is 6.35. The third-order valence-corrected chi connectivity index (χ3v) is 4.15. The molecule has 0 spiro atoms. The molecule has 1 aromatic heterocycles. The monoisotopic (exact) mass is 306 g/mol. The van der Waals surface area contributed by atoms with Gasteiger partial charge in [0, 0.05) is 29.8 Å². The van der Waals surface area contributed by atoms with Crippen LogP contribution in [0.3, 0.4) is 0 Å². The van der Waals surface area contributed by atoms with E-state index >= 15 is 0 Å². The van der Waals surface area contributed by atoms with Gasteiger partial charge < -0.3 is 4.57 Å². The van der Waals surface area contributed by atoms with Gasteiger partial charge >= 0.3 is 0 Å². The summed E-state index contributed by atoms with van der Waals surface area (Å²) >= 11 is 3.61. The summed E-state index contributed by atoms with van der Waals surface area (Å²) in [6, 6.07) is 10.4. The number of aromatic nitrogens is 2. The summed E-state index contributed by atoms with van der Waals surface area (Å²) in [7, 11) is 0. The van der Waals surface area contributed by atoms with Crippen LogP contribution in [0.2, 0.25) is 0 Å². The summed E-state index contributed by atoms with van der Waals surface area (Å²) in [5.41, 5.74) is 1.18. The Morgan fingerprint density at radius 1 is 1.22 bits per heavy atom. The number of nitrogens with zero attached hydrogens (tertiary/aromatic N) is 2. The Kier molecular flexibility index (Phi) is 4.59. The number of imidazole rings is 1. The minimum absolute atomic E-state index is 0.627. The van der Waals surface area contributed by atoms with Crippen molar-refractivity contribution in [3.63, 3.8) is 0 Å². The van der Waals surface area contributed by atoms with Crippen molar-refractivity contribution in [1.82, 2.24) is 9.55 Å². The molecule has 0 radical (unpaired) electrons. The summed E-state index contributed by atoms with van der Waals surface area (Å²) < 4.78 is 2.25. The highest BCUT2D eigenvalue weighted by atomic mass is 79.9. The van der Waals surface area contributed by atoms with Crippen molar-refractivity contribution in [2.75, 3.05) is 5.33 Å². The molecular weight excluding hydrogens is 288 g/mol. The van der Waals surface area contributed by atoms with E-state index in [-0.39, 0.29) is 0 Å². The minimum Gasteiger partial charge on any atom is -0.331 e. The van der Waals surface area contributed by atoms with E-state index in [0.29, 0.717) is 11.8 Å². The first kappa shape index (κ1) is 13.3. The number of benzene rings is 1. The van der Waals surface area contributed by atoms with E-state index in [0.717, 1.165) is 17.7 Å². The van der Waals surface area contributed by atoms with E-state index in [4.69, 9.17) is 0 Å². The van der Waals surface area contributed by atoms with E-state index in [1.807, 2.05) is 12.3 Å². The smallest absolute Gasteiger partial charge is 0.139 e. The first-order chi connectivity index (χ1) is 8.72. The number of hydrogen-bond acceptors (Lipinski definition) is 1. The fourth-order valence-corrected chi connectivity index (χ4v) is 2.95. The van der Waals surface area contributed by atoms with Gasteiger partial charge in [-0.3, -0.25) is 0 Å². The van der Waals surface area contributed by atoms with Crippen LogP contribution in [0.15, 0.2) is 42.7 Å². The van der Waals surface area contributed by atoms with Crippen molar-refractivity contribution in [2.24, 2.45) is 11.8 Å². The fraction of sp³-hybridized carbons (Fsp3) is 0.400. The zero-order valence-corrected chi connectivity index (χ0v) is 12.5. The lowest BCUT2D eigenvalue weighted by atomic mass is 9.98. The van der Waals surface area contributed by atoms with Crippen molar-refractivity contribution in [3.05, 3.63) is 42.7 Å². The molecule has 1 unspecified atom stereocenters. The number of alkyl halides is 1. The average molecular weight is 307 g/mol. The summed E-state index contributed by atoms with van der Waals surface area (Å²) in [6.07, 6.45) is 3.95. The normalized spacial score (nSPS) is 12.9. The molecule has 1 atom stereocenters. The zero-order valence-electron chi connectivity index (χ0n) is 10.9. The highest BCUT2D eigenvalue weighted by Crippen LogP contribution is 2.21. The van der Waals surface area contributed by atoms with E-state index in [1.165, 1.54) is 5.56 Å². The third-order valence-electron chi connectivity index (χ3n) is 3.32. The van der Waals surface area contributed by atoms with Crippen molar-refractivity contribution in [2.45, 2.75) is 20.4 Å². The molecule has 2 rings (SSSR count). The fourth-order valence-electron chi connectivity index (χ4n) is 1.99. The maximum Gasteiger partial charge on any atom is 0.139 e. The Balaban J connectivity index is 2.23. The van der Waals surface area contributed by atoms with Gasteiger partial charge in [-0.2, -0.15) is 0 Å². The second kappa shape index (κ2) is 6.19. The molecule has 0 amide bonds. The molecule has 0 saturated carbocycles. The van der Waals surface area contributed by atoms with Gasteiger partial charge in [0.2, 0.25) is 0 Å². The summed E-state index contributed by atoms with van der Waals surface area (Å²) in [6.45, 7) is 5.54. The predicted molar refractivity (Wildman–Crippen MR) is 79.8 cm³/mol. The standard InChI is InChI=1S/C15H19BrN2/c1-12(2)14(10-16)11-18-9-8-17-15(18)13-6-4-3-5-7-13/h3-9,12,14H,10-11H2,1-2H3. The Hall–Kier alpha value is -1.09. The lowest BCUT2D eigenvalue weighted by Crippen LogP contribution is -2.18. The topological polar surface area (TPSA) is 17.8 Å². The molecule has 2 nitrogen and oxygen atoms in total. The zero-order chi connectivity index (χ0) is 13.0. The molecule has 2 aromatic rings. The van der Waals surface area contributed by atoms with Crippen molar-refractivity contribution >= 4 is 15.9 Å². The summed E-state index contributed by atoms with van der Waals surface area (Å²) in [5, 5.41) is 1.02. The maximum atomic E-state index is 4.48. The second-order valence-electron chi connectivity index (χ2n) is 4.93. The molecular formula is C15H19BrN2. The number of rotatable bonds is 5.